The zero-order valence-corrected chi connectivity index (χ0v) is 10.9. The van der Waals surface area contributed by atoms with E-state index in [-0.39, 0.29) is 6.04 Å². The zero-order chi connectivity index (χ0) is 11.4. The third kappa shape index (κ3) is 2.83. The molecule has 0 radical (unpaired) electrons. The molecule has 1 aromatic carbocycles. The molecule has 3 heteroatoms. The van der Waals surface area contributed by atoms with Crippen LogP contribution in [0.25, 0.3) is 0 Å². The molecule has 0 heterocycles. The largest absolute Gasteiger partial charge is 0.497 e. The van der Waals surface area contributed by atoms with Gasteiger partial charge in [-0.2, -0.15) is 0 Å². The van der Waals surface area contributed by atoms with Crippen LogP contribution in [-0.2, 0) is 0 Å². The third-order valence-corrected chi connectivity index (χ3v) is 3.02. The first-order valence-corrected chi connectivity index (χ1v) is 5.55. The monoisotopic (exact) mass is 269 g/mol. The molecule has 0 aliphatic heterocycles. The van der Waals surface area contributed by atoms with E-state index < -0.39 is 0 Å². The van der Waals surface area contributed by atoms with Gasteiger partial charge in [-0.15, -0.1) is 0 Å². The second-order valence-electron chi connectivity index (χ2n) is 3.46. The SMILES string of the molecule is C=C(C)C(NC)c1cc(OC)ccc1Br. The van der Waals surface area contributed by atoms with E-state index in [0.29, 0.717) is 0 Å². The normalized spacial score (nSPS) is 12.3. The number of hydrogen-bond acceptors (Lipinski definition) is 2. The number of benzene rings is 1. The van der Waals surface area contributed by atoms with Crippen molar-refractivity contribution in [3.05, 3.63) is 40.4 Å². The minimum atomic E-state index is 0.148. The molecule has 0 bridgehead atoms. The Morgan fingerprint density at radius 2 is 2.20 bits per heavy atom. The average molecular weight is 270 g/mol. The maximum absolute atomic E-state index is 5.21. The molecule has 82 valence electrons. The number of nitrogens with one attached hydrogen (secondary N) is 1. The van der Waals surface area contributed by atoms with Crippen molar-refractivity contribution in [2.24, 2.45) is 0 Å². The Kier molecular flexibility index (Phi) is 4.36. The van der Waals surface area contributed by atoms with E-state index >= 15 is 0 Å². The number of hydrogen-bond donors (Lipinski definition) is 1. The lowest BCUT2D eigenvalue weighted by molar-refractivity contribution is 0.413. The summed E-state index contributed by atoms with van der Waals surface area (Å²) in [6, 6.07) is 6.08. The topological polar surface area (TPSA) is 21.3 Å². The van der Waals surface area contributed by atoms with Crippen LogP contribution < -0.4 is 10.1 Å². The summed E-state index contributed by atoms with van der Waals surface area (Å²) >= 11 is 3.53. The van der Waals surface area contributed by atoms with Gasteiger partial charge in [-0.25, -0.2) is 0 Å². The Balaban J connectivity index is 3.15. The number of halogens is 1. The van der Waals surface area contributed by atoms with E-state index in [1.54, 1.807) is 7.11 Å². The Morgan fingerprint density at radius 3 is 2.67 bits per heavy atom. The van der Waals surface area contributed by atoms with E-state index in [4.69, 9.17) is 4.74 Å². The first-order valence-electron chi connectivity index (χ1n) is 4.76. The van der Waals surface area contributed by atoms with Gasteiger partial charge in [0.05, 0.1) is 13.2 Å². The van der Waals surface area contributed by atoms with E-state index in [1.165, 1.54) is 0 Å². The quantitative estimate of drug-likeness (QED) is 0.848. The van der Waals surface area contributed by atoms with Gasteiger partial charge >= 0.3 is 0 Å². The summed E-state index contributed by atoms with van der Waals surface area (Å²) in [5.41, 5.74) is 2.22. The van der Waals surface area contributed by atoms with Crippen LogP contribution in [0.4, 0.5) is 0 Å². The Morgan fingerprint density at radius 1 is 1.53 bits per heavy atom. The molecule has 1 atom stereocenters. The number of likely N-dealkylation sites (N-methyl/N-ethyl adjacent to an activating group) is 1. The smallest absolute Gasteiger partial charge is 0.119 e. The molecule has 1 N–H and O–H groups in total. The molecule has 2 nitrogen and oxygen atoms in total. The number of rotatable bonds is 4. The minimum absolute atomic E-state index is 0.148. The van der Waals surface area contributed by atoms with Gasteiger partial charge in [0.25, 0.3) is 0 Å². The highest BCUT2D eigenvalue weighted by Crippen LogP contribution is 2.30. The van der Waals surface area contributed by atoms with Crippen molar-refractivity contribution in [2.45, 2.75) is 13.0 Å². The lowest BCUT2D eigenvalue weighted by Gasteiger charge is -2.19. The maximum atomic E-state index is 5.21. The molecule has 0 fully saturated rings. The van der Waals surface area contributed by atoms with Crippen LogP contribution in [0.2, 0.25) is 0 Å². The molecule has 0 aromatic heterocycles. The molecule has 1 unspecified atom stereocenters. The van der Waals surface area contributed by atoms with Crippen LogP contribution in [0.5, 0.6) is 5.75 Å². The van der Waals surface area contributed by atoms with Crippen LogP contribution in [0.3, 0.4) is 0 Å². The standard InChI is InChI=1S/C12H16BrNO/c1-8(2)12(14-3)10-7-9(15-4)5-6-11(10)13/h5-7,12,14H,1H2,2-4H3. The highest BCUT2D eigenvalue weighted by atomic mass is 79.9. The minimum Gasteiger partial charge on any atom is -0.497 e. The van der Waals surface area contributed by atoms with Gasteiger partial charge in [-0.05, 0) is 37.7 Å². The summed E-state index contributed by atoms with van der Waals surface area (Å²) in [6.45, 7) is 5.98. The molecular weight excluding hydrogens is 254 g/mol. The summed E-state index contributed by atoms with van der Waals surface area (Å²) in [5, 5.41) is 3.22. The lowest BCUT2D eigenvalue weighted by Crippen LogP contribution is -2.17. The molecule has 1 aromatic rings. The first kappa shape index (κ1) is 12.3. The van der Waals surface area contributed by atoms with Gasteiger partial charge in [0, 0.05) is 4.47 Å². The molecule has 0 saturated carbocycles. The fourth-order valence-electron chi connectivity index (χ4n) is 1.54. The van der Waals surface area contributed by atoms with Crippen LogP contribution in [0, 0.1) is 0 Å². The van der Waals surface area contributed by atoms with Crippen molar-refractivity contribution in [1.29, 1.82) is 0 Å². The average Bonchev–Trinajstić information content (AvgIpc) is 2.21. The first-order chi connectivity index (χ1) is 7.10. The van der Waals surface area contributed by atoms with E-state index in [2.05, 4.69) is 27.8 Å². The van der Waals surface area contributed by atoms with Crippen LogP contribution >= 0.6 is 15.9 Å². The van der Waals surface area contributed by atoms with Crippen molar-refractivity contribution in [2.75, 3.05) is 14.2 Å². The lowest BCUT2D eigenvalue weighted by atomic mass is 10.0. The molecule has 0 saturated heterocycles. The predicted molar refractivity (Wildman–Crippen MR) is 67.3 cm³/mol. The fourth-order valence-corrected chi connectivity index (χ4v) is 2.01. The molecule has 0 aliphatic carbocycles. The van der Waals surface area contributed by atoms with Gasteiger partial charge in [-0.3, -0.25) is 0 Å². The van der Waals surface area contributed by atoms with Crippen LogP contribution in [-0.4, -0.2) is 14.2 Å². The zero-order valence-electron chi connectivity index (χ0n) is 9.30. The summed E-state index contributed by atoms with van der Waals surface area (Å²) < 4.78 is 6.27. The van der Waals surface area contributed by atoms with Crippen LogP contribution in [0.1, 0.15) is 18.5 Å². The van der Waals surface area contributed by atoms with Crippen molar-refractivity contribution < 1.29 is 4.74 Å². The van der Waals surface area contributed by atoms with Gasteiger partial charge in [0.2, 0.25) is 0 Å². The Labute approximate surface area is 99.5 Å². The van der Waals surface area contributed by atoms with Crippen molar-refractivity contribution in [3.63, 3.8) is 0 Å². The van der Waals surface area contributed by atoms with Gasteiger partial charge in [0.15, 0.2) is 0 Å². The second-order valence-corrected chi connectivity index (χ2v) is 4.31. The van der Waals surface area contributed by atoms with Crippen molar-refractivity contribution in [3.8, 4) is 5.75 Å². The molecule has 0 spiro atoms. The fraction of sp³-hybridized carbons (Fsp3) is 0.333. The Bertz CT molecular complexity index is 363. The van der Waals surface area contributed by atoms with Gasteiger partial charge in [-0.1, -0.05) is 28.1 Å². The summed E-state index contributed by atoms with van der Waals surface area (Å²) in [5.74, 6) is 0.856. The number of methoxy groups -OCH3 is 1. The molecular formula is C12H16BrNO. The molecule has 0 amide bonds. The highest BCUT2D eigenvalue weighted by molar-refractivity contribution is 9.10. The maximum Gasteiger partial charge on any atom is 0.119 e. The van der Waals surface area contributed by atoms with Crippen LogP contribution in [0.15, 0.2) is 34.8 Å². The van der Waals surface area contributed by atoms with E-state index in [9.17, 15) is 0 Å². The highest BCUT2D eigenvalue weighted by Gasteiger charge is 2.13. The summed E-state index contributed by atoms with van der Waals surface area (Å²) in [6.07, 6.45) is 0. The molecule has 1 rings (SSSR count). The van der Waals surface area contributed by atoms with Crippen molar-refractivity contribution >= 4 is 15.9 Å². The molecule has 15 heavy (non-hydrogen) atoms. The van der Waals surface area contributed by atoms with Gasteiger partial charge < -0.3 is 10.1 Å². The Hall–Kier alpha value is -0.800. The number of ether oxygens (including phenoxy) is 1. The summed E-state index contributed by atoms with van der Waals surface area (Å²) in [4.78, 5) is 0. The summed E-state index contributed by atoms with van der Waals surface area (Å²) in [7, 11) is 3.59. The predicted octanol–water partition coefficient (Wildman–Crippen LogP) is 3.29. The third-order valence-electron chi connectivity index (χ3n) is 2.30. The van der Waals surface area contributed by atoms with Crippen molar-refractivity contribution in [1.82, 2.24) is 5.32 Å². The second kappa shape index (κ2) is 5.33. The van der Waals surface area contributed by atoms with E-state index in [1.807, 2.05) is 32.2 Å². The van der Waals surface area contributed by atoms with E-state index in [0.717, 1.165) is 21.4 Å². The van der Waals surface area contributed by atoms with Gasteiger partial charge in [0.1, 0.15) is 5.75 Å². The molecule has 0 aliphatic rings.